The van der Waals surface area contributed by atoms with Gasteiger partial charge in [-0.1, -0.05) is 58.0 Å². The van der Waals surface area contributed by atoms with E-state index >= 15 is 0 Å². The van der Waals surface area contributed by atoms with Gasteiger partial charge < -0.3 is 0 Å². The van der Waals surface area contributed by atoms with Crippen LogP contribution in [-0.4, -0.2) is 9.28 Å². The fraction of sp³-hybridized carbons (Fsp3) is 0.167. The molecular weight excluding hydrogens is 263 g/mol. The van der Waals surface area contributed by atoms with E-state index in [2.05, 4.69) is 4.98 Å². The van der Waals surface area contributed by atoms with Crippen LogP contribution in [-0.2, 0) is 0 Å². The minimum absolute atomic E-state index is 0.356. The molecule has 0 aromatic carbocycles. The molecule has 1 aromatic rings. The summed E-state index contributed by atoms with van der Waals surface area (Å²) in [5.74, 6) is 0. The van der Waals surface area contributed by atoms with Crippen molar-refractivity contribution in [2.75, 3.05) is 0 Å². The van der Waals surface area contributed by atoms with Crippen LogP contribution in [0, 0.1) is 0 Å². The smallest absolute Gasteiger partial charge is 0.180 e. The molecule has 0 saturated heterocycles. The highest BCUT2D eigenvalue weighted by atomic mass is 35.6. The molecule has 1 nitrogen and oxygen atoms in total. The predicted octanol–water partition coefficient (Wildman–Crippen LogP) is 4.37. The third-order valence-corrected chi connectivity index (χ3v) is 1.42. The molecule has 0 saturated carbocycles. The minimum Gasteiger partial charge on any atom is -0.243 e. The van der Waals surface area contributed by atoms with Crippen molar-refractivity contribution in [1.29, 1.82) is 0 Å². The van der Waals surface area contributed by atoms with Crippen molar-refractivity contribution >= 4 is 58.0 Å². The lowest BCUT2D eigenvalue weighted by atomic mass is 10.5. The summed E-state index contributed by atoms with van der Waals surface area (Å²) in [6.45, 7) is 0. The Labute approximate surface area is 95.5 Å². The molecule has 1 heterocycles. The average molecular weight is 267 g/mol. The fourth-order valence-electron chi connectivity index (χ4n) is 0.366. The van der Waals surface area contributed by atoms with E-state index in [-0.39, 0.29) is 0 Å². The van der Waals surface area contributed by atoms with Crippen LogP contribution in [0.15, 0.2) is 18.3 Å². The van der Waals surface area contributed by atoms with E-state index < -0.39 is 4.30 Å². The first-order chi connectivity index (χ1) is 5.54. The Morgan fingerprint density at radius 3 is 1.92 bits per heavy atom. The summed E-state index contributed by atoms with van der Waals surface area (Å²) >= 11 is 25.4. The molecule has 0 radical (unpaired) electrons. The second kappa shape index (κ2) is 7.05. The molecule has 0 aliphatic carbocycles. The number of rotatable bonds is 0. The third-order valence-electron chi connectivity index (χ3n) is 0.714. The Morgan fingerprint density at radius 2 is 1.67 bits per heavy atom. The molecule has 6 heteroatoms. The number of pyridine rings is 1. The van der Waals surface area contributed by atoms with Crippen molar-refractivity contribution in [1.82, 2.24) is 4.98 Å². The lowest BCUT2D eigenvalue weighted by Gasteiger charge is -1.87. The quantitative estimate of drug-likeness (QED) is 0.502. The van der Waals surface area contributed by atoms with Crippen LogP contribution in [0.5, 0.6) is 0 Å². The number of hydrogen-bond acceptors (Lipinski definition) is 1. The van der Waals surface area contributed by atoms with Gasteiger partial charge >= 0.3 is 0 Å². The summed E-state index contributed by atoms with van der Waals surface area (Å²) in [5.41, 5.74) is 0. The van der Waals surface area contributed by atoms with Crippen LogP contribution in [0.25, 0.3) is 0 Å². The molecule has 0 amide bonds. The zero-order valence-corrected chi connectivity index (χ0v) is 9.43. The van der Waals surface area contributed by atoms with Crippen molar-refractivity contribution in [3.05, 3.63) is 28.5 Å². The second-order valence-corrected chi connectivity index (χ2v) is 4.27. The van der Waals surface area contributed by atoms with Gasteiger partial charge in [-0.2, -0.15) is 0 Å². The molecule has 0 bridgehead atoms. The Bertz CT molecular complexity index is 203. The SMILES string of the molecule is ClC(Cl)Cl.Clc1cccnc1Cl. The number of halogens is 5. The number of alkyl halides is 3. The van der Waals surface area contributed by atoms with Crippen LogP contribution in [0.3, 0.4) is 0 Å². The van der Waals surface area contributed by atoms with Crippen molar-refractivity contribution in [3.63, 3.8) is 0 Å². The lowest BCUT2D eigenvalue weighted by molar-refractivity contribution is 1.33. The van der Waals surface area contributed by atoms with Crippen LogP contribution < -0.4 is 0 Å². The van der Waals surface area contributed by atoms with Crippen molar-refractivity contribution in [2.45, 2.75) is 4.30 Å². The molecular formula is C6H4Cl5N. The Hall–Kier alpha value is 0.600. The first-order valence-electron chi connectivity index (χ1n) is 2.72. The van der Waals surface area contributed by atoms with E-state index in [1.54, 1.807) is 18.3 Å². The van der Waals surface area contributed by atoms with E-state index in [1.807, 2.05) is 0 Å². The number of aromatic nitrogens is 1. The van der Waals surface area contributed by atoms with Gasteiger partial charge in [-0.25, -0.2) is 4.98 Å². The van der Waals surface area contributed by atoms with Gasteiger partial charge in [-0.15, -0.1) is 0 Å². The molecule has 0 aliphatic heterocycles. The summed E-state index contributed by atoms with van der Waals surface area (Å²) < 4.78 is -0.750. The normalized spacial score (nSPS) is 9.17. The van der Waals surface area contributed by atoms with Crippen molar-refractivity contribution < 1.29 is 0 Å². The van der Waals surface area contributed by atoms with Crippen LogP contribution >= 0.6 is 58.0 Å². The highest BCUT2D eigenvalue weighted by Gasteiger charge is 1.91. The molecule has 0 fully saturated rings. The first-order valence-corrected chi connectivity index (χ1v) is 4.79. The molecule has 1 aromatic heterocycles. The number of nitrogens with zero attached hydrogens (tertiary/aromatic N) is 1. The van der Waals surface area contributed by atoms with Crippen molar-refractivity contribution in [3.8, 4) is 0 Å². The minimum atomic E-state index is -0.750. The summed E-state index contributed by atoms with van der Waals surface area (Å²) in [6.07, 6.45) is 1.59. The first kappa shape index (κ1) is 12.6. The lowest BCUT2D eigenvalue weighted by Crippen LogP contribution is -1.70. The van der Waals surface area contributed by atoms with E-state index in [4.69, 9.17) is 58.0 Å². The maximum absolute atomic E-state index is 5.51. The Morgan fingerprint density at radius 1 is 1.17 bits per heavy atom. The van der Waals surface area contributed by atoms with Gasteiger partial charge in [0.2, 0.25) is 0 Å². The standard InChI is InChI=1S/C5H3Cl2N.CHCl3/c6-4-2-1-3-8-5(4)7;2-1(3)4/h1-3H;1H. The maximum atomic E-state index is 5.51. The molecule has 0 atom stereocenters. The van der Waals surface area contributed by atoms with Crippen LogP contribution in [0.4, 0.5) is 0 Å². The summed E-state index contributed by atoms with van der Waals surface area (Å²) in [6, 6.07) is 3.42. The van der Waals surface area contributed by atoms with Crippen LogP contribution in [0.1, 0.15) is 0 Å². The highest BCUT2D eigenvalue weighted by molar-refractivity contribution is 6.63. The topological polar surface area (TPSA) is 12.9 Å². The average Bonchev–Trinajstić information content (AvgIpc) is 1.94. The molecule has 1 rings (SSSR count). The molecule has 12 heavy (non-hydrogen) atoms. The van der Waals surface area contributed by atoms with Gasteiger partial charge in [0.1, 0.15) is 5.15 Å². The summed E-state index contributed by atoms with van der Waals surface area (Å²) in [7, 11) is 0. The summed E-state index contributed by atoms with van der Waals surface area (Å²) in [5, 5.41) is 0.850. The zero-order valence-electron chi connectivity index (χ0n) is 5.65. The van der Waals surface area contributed by atoms with E-state index in [1.165, 1.54) is 0 Å². The van der Waals surface area contributed by atoms with Crippen LogP contribution in [0.2, 0.25) is 10.2 Å². The van der Waals surface area contributed by atoms with E-state index in [9.17, 15) is 0 Å². The van der Waals surface area contributed by atoms with Crippen molar-refractivity contribution in [2.24, 2.45) is 0 Å². The van der Waals surface area contributed by atoms with Gasteiger partial charge in [0.25, 0.3) is 0 Å². The molecule has 0 unspecified atom stereocenters. The molecule has 0 spiro atoms. The number of hydrogen-bond donors (Lipinski definition) is 0. The van der Waals surface area contributed by atoms with Gasteiger partial charge in [-0.05, 0) is 12.1 Å². The monoisotopic (exact) mass is 265 g/mol. The fourth-order valence-corrected chi connectivity index (χ4v) is 0.607. The Balaban J connectivity index is 0.000000261. The molecule has 0 aliphatic rings. The Kier molecular flexibility index (Phi) is 7.40. The molecule has 0 N–H and O–H groups in total. The van der Waals surface area contributed by atoms with Gasteiger partial charge in [0.05, 0.1) is 5.02 Å². The largest absolute Gasteiger partial charge is 0.243 e. The van der Waals surface area contributed by atoms with Gasteiger partial charge in [0, 0.05) is 6.20 Å². The van der Waals surface area contributed by atoms with E-state index in [0.29, 0.717) is 10.2 Å². The van der Waals surface area contributed by atoms with E-state index in [0.717, 1.165) is 0 Å². The highest BCUT2D eigenvalue weighted by Crippen LogP contribution is 2.16. The maximum Gasteiger partial charge on any atom is 0.180 e. The second-order valence-electron chi connectivity index (χ2n) is 1.52. The van der Waals surface area contributed by atoms with Gasteiger partial charge in [0.15, 0.2) is 4.30 Å². The summed E-state index contributed by atoms with van der Waals surface area (Å²) in [4.78, 5) is 3.71. The molecule has 68 valence electrons. The predicted molar refractivity (Wildman–Crippen MR) is 55.6 cm³/mol. The van der Waals surface area contributed by atoms with Gasteiger partial charge in [-0.3, -0.25) is 0 Å². The zero-order chi connectivity index (χ0) is 9.56. The third kappa shape index (κ3) is 7.26.